The van der Waals surface area contributed by atoms with Crippen molar-refractivity contribution in [2.24, 2.45) is 0 Å². The van der Waals surface area contributed by atoms with Crippen molar-refractivity contribution in [1.29, 1.82) is 0 Å². The van der Waals surface area contributed by atoms with Gasteiger partial charge >= 0.3 is 18.1 Å². The zero-order valence-corrected chi connectivity index (χ0v) is 10.4. The third-order valence-electron chi connectivity index (χ3n) is 2.19. The molecule has 0 radical (unpaired) electrons. The van der Waals surface area contributed by atoms with Crippen LogP contribution in [0, 0.1) is 12.3 Å². The number of rotatable bonds is 1. The van der Waals surface area contributed by atoms with Gasteiger partial charge in [-0.05, 0) is 13.8 Å². The van der Waals surface area contributed by atoms with E-state index in [0.29, 0.717) is 0 Å². The summed E-state index contributed by atoms with van der Waals surface area (Å²) >= 11 is 0. The molecule has 1 heterocycles. The van der Waals surface area contributed by atoms with E-state index in [2.05, 4.69) is 21.8 Å². The molecule has 10 heteroatoms. The predicted molar refractivity (Wildman–Crippen MR) is 50.5 cm³/mol. The lowest BCUT2D eigenvalue weighted by Crippen LogP contribution is -2.53. The molecule has 0 amide bonds. The molecular formula is C10H10F8O2. The highest BCUT2D eigenvalue weighted by Gasteiger charge is 2.84. The summed E-state index contributed by atoms with van der Waals surface area (Å²) in [5.74, 6) is -11.4. The molecule has 0 spiro atoms. The van der Waals surface area contributed by atoms with E-state index in [-0.39, 0.29) is 13.8 Å². The van der Waals surface area contributed by atoms with Crippen LogP contribution in [-0.4, -0.2) is 29.8 Å². The molecule has 1 aliphatic rings. The van der Waals surface area contributed by atoms with Crippen molar-refractivity contribution in [2.45, 2.75) is 50.6 Å². The van der Waals surface area contributed by atoms with E-state index in [9.17, 15) is 35.1 Å². The summed E-state index contributed by atoms with van der Waals surface area (Å²) in [5.41, 5.74) is 0. The lowest BCUT2D eigenvalue weighted by atomic mass is 10.2. The van der Waals surface area contributed by atoms with Gasteiger partial charge in [-0.25, -0.2) is 8.78 Å². The third-order valence-corrected chi connectivity index (χ3v) is 2.19. The molecular weight excluding hydrogens is 304 g/mol. The van der Waals surface area contributed by atoms with Crippen LogP contribution in [0.4, 0.5) is 35.1 Å². The van der Waals surface area contributed by atoms with Crippen LogP contribution in [-0.2, 0) is 9.47 Å². The number of alkyl halides is 8. The molecule has 2 nitrogen and oxygen atoms in total. The normalized spacial score (nSPS) is 33.1. The Morgan fingerprint density at radius 1 is 1.00 bits per heavy atom. The van der Waals surface area contributed by atoms with Gasteiger partial charge in [0.15, 0.2) is 0 Å². The van der Waals surface area contributed by atoms with Gasteiger partial charge in [-0.3, -0.25) is 9.47 Å². The molecule has 2 unspecified atom stereocenters. The Balaban J connectivity index is 0.00000110. The SMILES string of the molecule is C#CC.CC(F)(F)C1(C)OC(F)(F)C(F)(C(F)(F)F)O1. The van der Waals surface area contributed by atoms with Crippen molar-refractivity contribution in [1.82, 2.24) is 0 Å². The highest BCUT2D eigenvalue weighted by Crippen LogP contribution is 2.58. The zero-order chi connectivity index (χ0) is 16.6. The second-order valence-corrected chi connectivity index (χ2v) is 3.94. The van der Waals surface area contributed by atoms with Crippen LogP contribution in [0.3, 0.4) is 0 Å². The standard InChI is InChI=1S/C7H6F8O2.C3H4/c1-3(8,9)4(2)16-5(10,6(11,12)13)7(14,15)17-4;1-3-2/h1-2H3;1H,2H3. The van der Waals surface area contributed by atoms with Crippen LogP contribution in [0.5, 0.6) is 0 Å². The summed E-state index contributed by atoms with van der Waals surface area (Å²) in [5, 5.41) is 0. The van der Waals surface area contributed by atoms with E-state index in [0.717, 1.165) is 0 Å². The van der Waals surface area contributed by atoms with Crippen LogP contribution in [0.2, 0.25) is 0 Å². The number of hydrogen-bond donors (Lipinski definition) is 0. The highest BCUT2D eigenvalue weighted by molar-refractivity contribution is 4.98. The van der Waals surface area contributed by atoms with E-state index in [1.54, 1.807) is 6.92 Å². The molecule has 0 N–H and O–H groups in total. The van der Waals surface area contributed by atoms with Crippen LogP contribution < -0.4 is 0 Å². The smallest absolute Gasteiger partial charge is 0.293 e. The number of hydrogen-bond acceptors (Lipinski definition) is 2. The van der Waals surface area contributed by atoms with Gasteiger partial charge in [0.05, 0.1) is 0 Å². The van der Waals surface area contributed by atoms with E-state index >= 15 is 0 Å². The van der Waals surface area contributed by atoms with Gasteiger partial charge < -0.3 is 0 Å². The van der Waals surface area contributed by atoms with Gasteiger partial charge in [0.1, 0.15) is 0 Å². The Morgan fingerprint density at radius 2 is 1.35 bits per heavy atom. The lowest BCUT2D eigenvalue weighted by Gasteiger charge is -2.29. The van der Waals surface area contributed by atoms with E-state index < -0.39 is 29.8 Å². The molecule has 0 aliphatic carbocycles. The van der Waals surface area contributed by atoms with E-state index in [1.165, 1.54) is 0 Å². The molecule has 2 atom stereocenters. The largest absolute Gasteiger partial charge is 0.458 e. The Labute approximate surface area is 109 Å². The van der Waals surface area contributed by atoms with E-state index in [4.69, 9.17) is 0 Å². The first kappa shape index (κ1) is 18.9. The van der Waals surface area contributed by atoms with Crippen molar-refractivity contribution in [3.8, 4) is 12.3 Å². The Morgan fingerprint density at radius 3 is 1.50 bits per heavy atom. The maximum Gasteiger partial charge on any atom is 0.458 e. The predicted octanol–water partition coefficient (Wildman–Crippen LogP) is 3.87. The quantitative estimate of drug-likeness (QED) is 0.540. The second kappa shape index (κ2) is 5.04. The van der Waals surface area contributed by atoms with Crippen LogP contribution in [0.25, 0.3) is 0 Å². The van der Waals surface area contributed by atoms with E-state index in [1.807, 2.05) is 0 Å². The first-order valence-electron chi connectivity index (χ1n) is 4.87. The summed E-state index contributed by atoms with van der Waals surface area (Å²) in [6, 6.07) is 0. The molecule has 0 aromatic heterocycles. The van der Waals surface area contributed by atoms with Crippen LogP contribution in [0.15, 0.2) is 0 Å². The molecule has 118 valence electrons. The fraction of sp³-hybridized carbons (Fsp3) is 0.800. The maximum atomic E-state index is 13.1. The molecule has 0 aromatic carbocycles. The molecule has 20 heavy (non-hydrogen) atoms. The summed E-state index contributed by atoms with van der Waals surface area (Å²) in [6.07, 6.45) is -7.20. The van der Waals surface area contributed by atoms with Gasteiger partial charge in [-0.2, -0.15) is 26.3 Å². The minimum Gasteiger partial charge on any atom is -0.293 e. The summed E-state index contributed by atoms with van der Waals surface area (Å²) in [7, 11) is 0. The van der Waals surface area contributed by atoms with Gasteiger partial charge in [-0.1, -0.05) is 0 Å². The summed E-state index contributed by atoms with van der Waals surface area (Å²) in [6.45, 7) is 1.71. The highest BCUT2D eigenvalue weighted by atomic mass is 19.4. The van der Waals surface area contributed by atoms with Gasteiger partial charge in [0, 0.05) is 6.92 Å². The second-order valence-electron chi connectivity index (χ2n) is 3.94. The van der Waals surface area contributed by atoms with Crippen LogP contribution >= 0.6 is 0 Å². The van der Waals surface area contributed by atoms with Gasteiger partial charge in [0.2, 0.25) is 5.79 Å². The molecule has 0 bridgehead atoms. The Hall–Kier alpha value is -1.08. The third kappa shape index (κ3) is 2.98. The monoisotopic (exact) mass is 314 g/mol. The molecule has 1 fully saturated rings. The fourth-order valence-electron chi connectivity index (χ4n) is 1.06. The molecule has 1 aliphatic heterocycles. The topological polar surface area (TPSA) is 18.5 Å². The fourth-order valence-corrected chi connectivity index (χ4v) is 1.06. The van der Waals surface area contributed by atoms with Crippen molar-refractivity contribution in [2.75, 3.05) is 0 Å². The first-order chi connectivity index (χ1) is 8.58. The number of ether oxygens (including phenoxy) is 2. The van der Waals surface area contributed by atoms with Crippen molar-refractivity contribution < 1.29 is 44.6 Å². The lowest BCUT2D eigenvalue weighted by molar-refractivity contribution is -0.395. The van der Waals surface area contributed by atoms with Gasteiger partial charge in [0.25, 0.3) is 5.92 Å². The number of terminal acetylenes is 1. The summed E-state index contributed by atoms with van der Waals surface area (Å²) in [4.78, 5) is 0. The number of halogens is 8. The zero-order valence-electron chi connectivity index (χ0n) is 10.4. The minimum absolute atomic E-state index is 0.0365. The molecule has 1 saturated heterocycles. The average molecular weight is 314 g/mol. The first-order valence-corrected chi connectivity index (χ1v) is 4.87. The minimum atomic E-state index is -6.22. The molecule has 0 saturated carbocycles. The Bertz CT molecular complexity index is 394. The van der Waals surface area contributed by atoms with Crippen molar-refractivity contribution >= 4 is 0 Å². The van der Waals surface area contributed by atoms with Crippen molar-refractivity contribution in [3.05, 3.63) is 0 Å². The van der Waals surface area contributed by atoms with Crippen molar-refractivity contribution in [3.63, 3.8) is 0 Å². The maximum absolute atomic E-state index is 13.1. The molecule has 0 aromatic rings. The van der Waals surface area contributed by atoms with Crippen LogP contribution in [0.1, 0.15) is 20.8 Å². The summed E-state index contributed by atoms with van der Waals surface area (Å²) < 4.78 is 107. The average Bonchev–Trinajstić information content (AvgIpc) is 2.33. The van der Waals surface area contributed by atoms with Gasteiger partial charge in [-0.15, -0.1) is 12.3 Å². The Kier molecular flexibility index (Phi) is 4.76. The molecule has 1 rings (SSSR count).